The van der Waals surface area contributed by atoms with Gasteiger partial charge in [-0.3, -0.25) is 0 Å². The molecule has 69 heavy (non-hydrogen) atoms. The largest absolute Gasteiger partial charge is 2.00 e. The van der Waals surface area contributed by atoms with Crippen LogP contribution in [0.4, 0.5) is 105 Å². The molecule has 31 heteroatoms. The fraction of sp³-hybridized carbons (Fsp3) is 0.211. The Labute approximate surface area is 381 Å². The molecule has 0 aliphatic rings. The van der Waals surface area contributed by atoms with Gasteiger partial charge in [-0.05, 0) is 64.4 Å². The van der Waals surface area contributed by atoms with Crippen molar-refractivity contribution in [3.63, 3.8) is 0 Å². The zero-order valence-electron chi connectivity index (χ0n) is 32.3. The van der Waals surface area contributed by atoms with Gasteiger partial charge < -0.3 is 0 Å². The van der Waals surface area contributed by atoms with Gasteiger partial charge in [-0.1, -0.05) is 0 Å². The average molecular weight is 1100 g/mol. The predicted molar refractivity (Wildman–Crippen MR) is 193 cm³/mol. The second-order valence-corrected chi connectivity index (χ2v) is 17.5. The van der Waals surface area contributed by atoms with E-state index < -0.39 is 132 Å². The minimum absolute atomic E-state index is 0. The molecule has 4 nitrogen and oxygen atoms in total. The van der Waals surface area contributed by atoms with Crippen molar-refractivity contribution < 1.29 is 122 Å². The molecule has 0 fully saturated rings. The van der Waals surface area contributed by atoms with Gasteiger partial charge in [-0.25, -0.2) is 44.2 Å². The van der Waals surface area contributed by atoms with Gasteiger partial charge in [-0.15, -0.1) is 10.6 Å². The predicted octanol–water partition coefficient (Wildman–Crippen LogP) is 12.1. The third-order valence-corrected chi connectivity index (χ3v) is 13.5. The van der Waals surface area contributed by atoms with Crippen LogP contribution in [-0.2, 0) is 66.5 Å². The van der Waals surface area contributed by atoms with Crippen molar-refractivity contribution in [1.82, 2.24) is 19.9 Å². The molecule has 6 rings (SSSR count). The zero-order chi connectivity index (χ0) is 51.4. The van der Waals surface area contributed by atoms with E-state index in [9.17, 15) is 105 Å². The van der Waals surface area contributed by atoms with Crippen LogP contribution in [0.1, 0.15) is 45.6 Å². The van der Waals surface area contributed by atoms with Crippen LogP contribution in [0.3, 0.4) is 0 Å². The summed E-state index contributed by atoms with van der Waals surface area (Å²) in [6.45, 7) is 0. The fourth-order valence-electron chi connectivity index (χ4n) is 5.84. The molecule has 0 N–H and O–H groups in total. The second kappa shape index (κ2) is 19.7. The molecule has 0 radical (unpaired) electrons. The third-order valence-electron chi connectivity index (χ3n) is 8.50. The molecule has 374 valence electrons. The van der Waals surface area contributed by atoms with Crippen LogP contribution >= 0.6 is 15.8 Å². The van der Waals surface area contributed by atoms with Crippen LogP contribution in [-0.4, -0.2) is 19.9 Å². The molecule has 0 spiro atoms. The summed E-state index contributed by atoms with van der Waals surface area (Å²) in [5.41, 5.74) is -16.2. The van der Waals surface area contributed by atoms with E-state index in [2.05, 4.69) is 19.9 Å². The molecule has 0 atom stereocenters. The second-order valence-electron chi connectivity index (χ2n) is 13.2. The SMILES string of the molecule is FC(F)(F)c1ccc(P(c2ccc[cH-]2)c2ccc(C(F)(F)F)nc2C(F)(F)F)c(C(F)(F)F)n1.FC(F)(F)c1ccc(P(c2ccc[cH-]2)c2ccc(C(F)(F)F)nc2C(F)(F)F)c(C(F)(F)F)n1.[Fe+2]. The van der Waals surface area contributed by atoms with Crippen LogP contribution in [0.25, 0.3) is 0 Å². The Hall–Kier alpha value is -5.00. The first-order valence-electron chi connectivity index (χ1n) is 17.5. The van der Waals surface area contributed by atoms with Crippen molar-refractivity contribution in [2.24, 2.45) is 0 Å². The average Bonchev–Trinajstić information content (AvgIpc) is 3.92. The first-order valence-corrected chi connectivity index (χ1v) is 20.1. The first kappa shape index (κ1) is 56.6. The summed E-state index contributed by atoms with van der Waals surface area (Å²) in [5, 5.41) is -4.65. The Bertz CT molecular complexity index is 2360. The van der Waals surface area contributed by atoms with Crippen molar-refractivity contribution in [3.8, 4) is 0 Å². The smallest absolute Gasteiger partial charge is 0.238 e. The fourth-order valence-corrected chi connectivity index (χ4v) is 10.9. The molecule has 0 unspecified atom stereocenters. The maximum absolute atomic E-state index is 13.7. The third kappa shape index (κ3) is 13.3. The van der Waals surface area contributed by atoms with E-state index in [4.69, 9.17) is 0 Å². The molecule has 4 heterocycles. The Kier molecular flexibility index (Phi) is 16.1. The van der Waals surface area contributed by atoms with Crippen molar-refractivity contribution in [2.45, 2.75) is 49.4 Å². The van der Waals surface area contributed by atoms with Crippen LogP contribution in [0.2, 0.25) is 0 Å². The van der Waals surface area contributed by atoms with Crippen molar-refractivity contribution >= 4 is 47.7 Å². The Balaban J connectivity index is 0.000000296. The molecule has 2 aromatic carbocycles. The van der Waals surface area contributed by atoms with Crippen molar-refractivity contribution in [1.29, 1.82) is 0 Å². The topological polar surface area (TPSA) is 51.6 Å². The number of pyridine rings is 4. The number of hydrogen-bond acceptors (Lipinski definition) is 4. The maximum Gasteiger partial charge on any atom is 2.00 e. The first-order chi connectivity index (χ1) is 30.8. The van der Waals surface area contributed by atoms with Crippen molar-refractivity contribution in [3.05, 3.63) is 143 Å². The summed E-state index contributed by atoms with van der Waals surface area (Å²) in [7, 11) is -5.95. The summed E-state index contributed by atoms with van der Waals surface area (Å²) in [4.78, 5) is 10.4. The molecule has 0 bridgehead atoms. The number of alkyl halides is 24. The van der Waals surface area contributed by atoms with Gasteiger partial charge in [-0.2, -0.15) is 130 Å². The van der Waals surface area contributed by atoms with Crippen LogP contribution in [0, 0.1) is 0 Å². The molecular weight excluding hydrogens is 1090 g/mol. The van der Waals surface area contributed by atoms with E-state index in [0.29, 0.717) is 24.3 Å². The van der Waals surface area contributed by atoms with E-state index >= 15 is 0 Å². The summed E-state index contributed by atoms with van der Waals surface area (Å²) >= 11 is 0. The molecule has 4 aromatic heterocycles. The molecular formula is C38H16F24FeN4P2. The van der Waals surface area contributed by atoms with E-state index in [1.165, 1.54) is 24.3 Å². The summed E-state index contributed by atoms with van der Waals surface area (Å²) in [6.07, 6.45) is -43.3. The summed E-state index contributed by atoms with van der Waals surface area (Å²) < 4.78 is 320. The Morgan fingerprint density at radius 2 is 0.493 bits per heavy atom. The Morgan fingerprint density at radius 1 is 0.290 bits per heavy atom. The van der Waals surface area contributed by atoms with Gasteiger partial charge in [0.05, 0.1) is 0 Å². The van der Waals surface area contributed by atoms with Gasteiger partial charge in [0, 0.05) is 21.2 Å². The van der Waals surface area contributed by atoms with Gasteiger partial charge in [0.1, 0.15) is 22.8 Å². The van der Waals surface area contributed by atoms with E-state index in [1.807, 2.05) is 0 Å². The summed E-state index contributed by atoms with van der Waals surface area (Å²) in [5.74, 6) is 0. The van der Waals surface area contributed by atoms with Gasteiger partial charge in [0.15, 0.2) is 22.8 Å². The van der Waals surface area contributed by atoms with Gasteiger partial charge in [0.25, 0.3) is 0 Å². The standard InChI is InChI=1S/2C19H8F12N2P.Fe/c2*20-16(21,22)12-7-5-10(14(32-12)18(26,27)28)34(9-3-1-2-4-9)11-6-8-13(17(23,24)25)33-15(11)19(29,30)31;/h2*1-8H;/q2*-1;+2. The maximum atomic E-state index is 13.7. The number of halogens is 24. The van der Waals surface area contributed by atoms with Crippen LogP contribution in [0.5, 0.6) is 0 Å². The number of aromatic nitrogens is 4. The zero-order valence-corrected chi connectivity index (χ0v) is 35.2. The molecule has 0 aliphatic heterocycles. The number of hydrogen-bond donors (Lipinski definition) is 0. The molecule has 6 aromatic rings. The number of nitrogens with zero attached hydrogens (tertiary/aromatic N) is 4. The minimum Gasteiger partial charge on any atom is -0.238 e. The molecule has 0 amide bonds. The molecule has 0 saturated heterocycles. The van der Waals surface area contributed by atoms with Gasteiger partial charge in [0.2, 0.25) is 0 Å². The summed E-state index contributed by atoms with van der Waals surface area (Å²) in [6, 6.07) is 11.3. The van der Waals surface area contributed by atoms with E-state index in [1.54, 1.807) is 0 Å². The minimum atomic E-state index is -5.53. The molecule has 0 aliphatic carbocycles. The van der Waals surface area contributed by atoms with E-state index in [0.717, 1.165) is 24.3 Å². The van der Waals surface area contributed by atoms with Gasteiger partial charge >= 0.3 is 66.5 Å². The van der Waals surface area contributed by atoms with Crippen LogP contribution < -0.4 is 31.8 Å². The van der Waals surface area contributed by atoms with E-state index in [-0.39, 0.29) is 51.9 Å². The van der Waals surface area contributed by atoms with Crippen LogP contribution in [0.15, 0.2) is 97.1 Å². The number of rotatable bonds is 6. The Morgan fingerprint density at radius 3 is 0.638 bits per heavy atom. The molecule has 0 saturated carbocycles. The monoisotopic (exact) mass is 1100 g/mol. The normalized spacial score (nSPS) is 13.4. The quantitative estimate of drug-likeness (QED) is 0.0722. The van der Waals surface area contributed by atoms with Crippen molar-refractivity contribution in [2.75, 3.05) is 0 Å².